The molecule has 0 radical (unpaired) electrons. The number of benzene rings is 1. The Morgan fingerprint density at radius 2 is 1.72 bits per heavy atom. The topological polar surface area (TPSA) is 29.1 Å². The van der Waals surface area contributed by atoms with E-state index in [2.05, 4.69) is 19.2 Å². The predicted molar refractivity (Wildman–Crippen MR) is 77.5 cm³/mol. The Morgan fingerprint density at radius 1 is 1.22 bits per heavy atom. The molecule has 0 bridgehead atoms. The number of aryl methyl sites for hydroxylation is 3. The lowest BCUT2D eigenvalue weighted by molar-refractivity contribution is 0.0930. The van der Waals surface area contributed by atoms with E-state index in [0.717, 1.165) is 16.7 Å². The van der Waals surface area contributed by atoms with Crippen LogP contribution in [0.3, 0.4) is 0 Å². The quantitative estimate of drug-likeness (QED) is 0.830. The molecule has 1 aromatic carbocycles. The molecule has 1 N–H and O–H groups in total. The molecule has 0 saturated heterocycles. The molecule has 0 aliphatic heterocycles. The second-order valence-corrected chi connectivity index (χ2v) is 5.56. The minimum absolute atomic E-state index is 0.0132. The van der Waals surface area contributed by atoms with Crippen LogP contribution < -0.4 is 5.32 Å². The molecule has 0 aromatic heterocycles. The van der Waals surface area contributed by atoms with Crippen molar-refractivity contribution >= 4 is 17.5 Å². The molecule has 18 heavy (non-hydrogen) atoms. The molecule has 1 amide bonds. The maximum absolute atomic E-state index is 12.3. The summed E-state index contributed by atoms with van der Waals surface area (Å²) in [5.74, 6) is 0.745. The Bertz CT molecular complexity index is 417. The Labute approximate surface area is 115 Å². The highest BCUT2D eigenvalue weighted by atomic mass is 35.5. The van der Waals surface area contributed by atoms with Crippen molar-refractivity contribution in [2.45, 2.75) is 40.7 Å². The third kappa shape index (κ3) is 3.49. The van der Waals surface area contributed by atoms with Gasteiger partial charge in [0.1, 0.15) is 0 Å². The van der Waals surface area contributed by atoms with Crippen LogP contribution in [0, 0.1) is 26.7 Å². The number of rotatable bonds is 4. The van der Waals surface area contributed by atoms with Crippen LogP contribution in [0.5, 0.6) is 0 Å². The molecular weight excluding hydrogens is 246 g/mol. The fourth-order valence-electron chi connectivity index (χ4n) is 2.16. The van der Waals surface area contributed by atoms with Gasteiger partial charge in [0.2, 0.25) is 0 Å². The minimum atomic E-state index is -0.0237. The number of hydrogen-bond donors (Lipinski definition) is 1. The average Bonchev–Trinajstić information content (AvgIpc) is 2.23. The van der Waals surface area contributed by atoms with Gasteiger partial charge in [0, 0.05) is 17.5 Å². The van der Waals surface area contributed by atoms with E-state index in [0.29, 0.717) is 11.8 Å². The molecule has 1 unspecified atom stereocenters. The van der Waals surface area contributed by atoms with Gasteiger partial charge in [0.05, 0.1) is 0 Å². The molecule has 2 nitrogen and oxygen atoms in total. The number of amides is 1. The van der Waals surface area contributed by atoms with Crippen LogP contribution >= 0.6 is 11.6 Å². The lowest BCUT2D eigenvalue weighted by atomic mass is 9.98. The van der Waals surface area contributed by atoms with Crippen LogP contribution in [-0.4, -0.2) is 17.8 Å². The molecule has 1 atom stereocenters. The SMILES string of the molecule is Cc1cc(C)c(C(=O)NC(CCl)C(C)C)c(C)c1. The van der Waals surface area contributed by atoms with E-state index in [1.54, 1.807) is 0 Å². The maximum Gasteiger partial charge on any atom is 0.252 e. The molecule has 100 valence electrons. The van der Waals surface area contributed by atoms with Gasteiger partial charge in [-0.05, 0) is 37.8 Å². The highest BCUT2D eigenvalue weighted by Crippen LogP contribution is 2.17. The Balaban J connectivity index is 2.98. The van der Waals surface area contributed by atoms with E-state index < -0.39 is 0 Å². The molecule has 0 fully saturated rings. The van der Waals surface area contributed by atoms with Crippen LogP contribution in [0.25, 0.3) is 0 Å². The van der Waals surface area contributed by atoms with E-state index >= 15 is 0 Å². The van der Waals surface area contributed by atoms with Crippen LogP contribution in [-0.2, 0) is 0 Å². The summed E-state index contributed by atoms with van der Waals surface area (Å²) in [6.07, 6.45) is 0. The Kier molecular flexibility index (Phi) is 5.21. The van der Waals surface area contributed by atoms with Gasteiger partial charge >= 0.3 is 0 Å². The van der Waals surface area contributed by atoms with Gasteiger partial charge in [-0.3, -0.25) is 4.79 Å². The summed E-state index contributed by atoms with van der Waals surface area (Å²) in [7, 11) is 0. The number of nitrogens with one attached hydrogen (secondary N) is 1. The van der Waals surface area contributed by atoms with Crippen molar-refractivity contribution in [2.75, 3.05) is 5.88 Å². The van der Waals surface area contributed by atoms with E-state index in [1.165, 1.54) is 5.56 Å². The Morgan fingerprint density at radius 3 is 2.11 bits per heavy atom. The summed E-state index contributed by atoms with van der Waals surface area (Å²) in [6.45, 7) is 10.1. The number of halogens is 1. The highest BCUT2D eigenvalue weighted by Gasteiger charge is 2.18. The number of alkyl halides is 1. The molecule has 0 heterocycles. The predicted octanol–water partition coefficient (Wildman–Crippen LogP) is 3.61. The molecule has 0 saturated carbocycles. The Hall–Kier alpha value is -1.02. The molecule has 0 aliphatic rings. The first-order chi connectivity index (χ1) is 8.36. The first-order valence-corrected chi connectivity index (χ1v) is 6.85. The van der Waals surface area contributed by atoms with E-state index in [4.69, 9.17) is 11.6 Å². The van der Waals surface area contributed by atoms with Gasteiger partial charge in [-0.25, -0.2) is 0 Å². The van der Waals surface area contributed by atoms with Gasteiger partial charge in [0.15, 0.2) is 0 Å². The van der Waals surface area contributed by atoms with Gasteiger partial charge in [-0.1, -0.05) is 31.5 Å². The van der Waals surface area contributed by atoms with Gasteiger partial charge in [-0.2, -0.15) is 0 Å². The summed E-state index contributed by atoms with van der Waals surface area (Å²) in [5, 5.41) is 3.01. The molecule has 1 rings (SSSR count). The van der Waals surface area contributed by atoms with Gasteiger partial charge in [0.25, 0.3) is 5.91 Å². The first-order valence-electron chi connectivity index (χ1n) is 6.31. The average molecular weight is 268 g/mol. The van der Waals surface area contributed by atoms with Crippen LogP contribution in [0.1, 0.15) is 40.9 Å². The first kappa shape index (κ1) is 15.0. The van der Waals surface area contributed by atoms with E-state index in [1.807, 2.05) is 32.9 Å². The summed E-state index contributed by atoms with van der Waals surface area (Å²) in [4.78, 5) is 12.3. The minimum Gasteiger partial charge on any atom is -0.348 e. The zero-order chi connectivity index (χ0) is 13.9. The zero-order valence-corrected chi connectivity index (χ0v) is 12.6. The summed E-state index contributed by atoms with van der Waals surface area (Å²) >= 11 is 5.88. The second-order valence-electron chi connectivity index (χ2n) is 5.25. The van der Waals surface area contributed by atoms with Gasteiger partial charge < -0.3 is 5.32 Å². The van der Waals surface area contributed by atoms with Crippen LogP contribution in [0.2, 0.25) is 0 Å². The van der Waals surface area contributed by atoms with Crippen molar-refractivity contribution in [3.63, 3.8) is 0 Å². The van der Waals surface area contributed by atoms with Crippen LogP contribution in [0.4, 0.5) is 0 Å². The van der Waals surface area contributed by atoms with Crippen molar-refractivity contribution in [1.82, 2.24) is 5.32 Å². The van der Waals surface area contributed by atoms with Crippen molar-refractivity contribution < 1.29 is 4.79 Å². The van der Waals surface area contributed by atoms with E-state index in [9.17, 15) is 4.79 Å². The summed E-state index contributed by atoms with van der Waals surface area (Å²) in [5.41, 5.74) is 3.99. The monoisotopic (exact) mass is 267 g/mol. The molecule has 0 aliphatic carbocycles. The molecule has 1 aromatic rings. The van der Waals surface area contributed by atoms with Crippen LogP contribution in [0.15, 0.2) is 12.1 Å². The normalized spacial score (nSPS) is 12.6. The number of carbonyl (C=O) groups excluding carboxylic acids is 1. The lowest BCUT2D eigenvalue weighted by Gasteiger charge is -2.21. The van der Waals surface area contributed by atoms with Crippen molar-refractivity contribution in [2.24, 2.45) is 5.92 Å². The number of carbonyl (C=O) groups is 1. The van der Waals surface area contributed by atoms with Gasteiger partial charge in [-0.15, -0.1) is 11.6 Å². The number of hydrogen-bond acceptors (Lipinski definition) is 1. The standard InChI is InChI=1S/C15H22ClNO/c1-9(2)13(8-16)17-15(18)14-11(4)6-10(3)7-12(14)5/h6-7,9,13H,8H2,1-5H3,(H,17,18). The second kappa shape index (κ2) is 6.24. The summed E-state index contributed by atoms with van der Waals surface area (Å²) < 4.78 is 0. The van der Waals surface area contributed by atoms with Crippen molar-refractivity contribution in [3.05, 3.63) is 34.4 Å². The molecule has 0 spiro atoms. The molecule has 3 heteroatoms. The zero-order valence-electron chi connectivity index (χ0n) is 11.8. The highest BCUT2D eigenvalue weighted by molar-refractivity contribution is 6.18. The smallest absolute Gasteiger partial charge is 0.252 e. The third-order valence-electron chi connectivity index (χ3n) is 3.19. The lowest BCUT2D eigenvalue weighted by Crippen LogP contribution is -2.40. The molecular formula is C15H22ClNO. The fraction of sp³-hybridized carbons (Fsp3) is 0.533. The van der Waals surface area contributed by atoms with E-state index in [-0.39, 0.29) is 11.9 Å². The van der Waals surface area contributed by atoms with Crippen molar-refractivity contribution in [1.29, 1.82) is 0 Å². The summed E-state index contributed by atoms with van der Waals surface area (Å²) in [6, 6.07) is 4.08. The van der Waals surface area contributed by atoms with Crippen molar-refractivity contribution in [3.8, 4) is 0 Å². The third-order valence-corrected chi connectivity index (χ3v) is 3.52. The maximum atomic E-state index is 12.3. The largest absolute Gasteiger partial charge is 0.348 e. The fourth-order valence-corrected chi connectivity index (χ4v) is 2.60.